The van der Waals surface area contributed by atoms with Gasteiger partial charge in [0.05, 0.1) is 0 Å². The van der Waals surface area contributed by atoms with E-state index in [0.717, 1.165) is 137 Å². The summed E-state index contributed by atoms with van der Waals surface area (Å²) in [6.07, 6.45) is 11.8. The molecule has 28 rings (SSSR count). The molecule has 0 atom stereocenters. The van der Waals surface area contributed by atoms with Crippen LogP contribution in [-0.4, -0.2) is 78.0 Å². The normalized spacial score (nSPS) is 13.6. The number of aromatic nitrogens is 15. The molecule has 8 aromatic heterocycles. The van der Waals surface area contributed by atoms with E-state index in [9.17, 15) is 0 Å². The molecule has 0 unspecified atom stereocenters. The number of anilines is 26. The van der Waals surface area contributed by atoms with Gasteiger partial charge in [-0.05, 0) is 162 Å². The van der Waals surface area contributed by atoms with Gasteiger partial charge in [0.1, 0.15) is 0 Å². The molecular formula is C112H91N31Os4. The molecule has 0 fully saturated rings. The topological polar surface area (TPSA) is 255 Å². The van der Waals surface area contributed by atoms with Gasteiger partial charge < -0.3 is 131 Å². The van der Waals surface area contributed by atoms with E-state index in [1.807, 2.05) is 299 Å². The quantitative estimate of drug-likeness (QED) is 0.103. The zero-order chi connectivity index (χ0) is 97.1. The summed E-state index contributed by atoms with van der Waals surface area (Å²) in [4.78, 5) is 37.8. The third-order valence-electron chi connectivity index (χ3n) is 24.2. The summed E-state index contributed by atoms with van der Waals surface area (Å²) in [7, 11) is 12.2. The van der Waals surface area contributed by atoms with E-state index in [0.29, 0.717) is 0 Å². The van der Waals surface area contributed by atoms with Gasteiger partial charge in [-0.15, -0.1) is 65.2 Å². The molecule has 0 aliphatic carbocycles. The fourth-order valence-corrected chi connectivity index (χ4v) is 17.5. The first-order chi connectivity index (χ1) is 70.4. The van der Waals surface area contributed by atoms with Crippen LogP contribution in [0.15, 0.2) is 383 Å². The molecular weight excluding hydrogens is 2540 g/mol. The van der Waals surface area contributed by atoms with Crippen molar-refractivity contribution in [2.24, 2.45) is 0 Å². The van der Waals surface area contributed by atoms with Crippen molar-refractivity contribution in [2.75, 3.05) is 121 Å². The fraction of sp³-hybridized carbons (Fsp3) is 0.0536. The Hall–Kier alpha value is -16.4. The summed E-state index contributed by atoms with van der Waals surface area (Å²) in [5.74, 6) is 5.88. The van der Waals surface area contributed by atoms with Crippen molar-refractivity contribution in [2.45, 2.75) is 0 Å². The van der Waals surface area contributed by atoms with Crippen LogP contribution in [0.2, 0.25) is 0 Å². The molecule has 0 N–H and O–H groups in total. The number of rotatable bonds is 12. The van der Waals surface area contributed by atoms with Crippen molar-refractivity contribution in [1.82, 2.24) is 76.4 Å². The van der Waals surface area contributed by atoms with Crippen LogP contribution in [-0.2, 0) is 79.2 Å². The monoisotopic (exact) mass is 2640 g/mol. The molecule has 16 heterocycles. The zero-order valence-corrected chi connectivity index (χ0v) is 90.1. The average molecular weight is 2630 g/mol. The Morgan fingerprint density at radius 1 is 0.204 bits per heavy atom. The third kappa shape index (κ3) is 21.7. The van der Waals surface area contributed by atoms with Crippen LogP contribution < -0.4 is 119 Å². The predicted molar refractivity (Wildman–Crippen MR) is 565 cm³/mol. The molecule has 31 nitrogen and oxygen atoms in total. The maximum atomic E-state index is 4.63. The number of benzene rings is 12. The molecule has 8 aliphatic heterocycles. The van der Waals surface area contributed by atoms with Crippen molar-refractivity contribution >= 4 is 149 Å². The van der Waals surface area contributed by atoms with E-state index in [1.54, 1.807) is 43.4 Å². The van der Waals surface area contributed by atoms with Gasteiger partial charge in [-0.3, -0.25) is 30.6 Å². The average Bonchev–Trinajstić information content (AvgIpc) is 1.62. The van der Waals surface area contributed by atoms with E-state index in [4.69, 9.17) is 0 Å². The van der Waals surface area contributed by atoms with Gasteiger partial charge in [0, 0.05) is 94.6 Å². The summed E-state index contributed by atoms with van der Waals surface area (Å²) < 4.78 is 0. The number of hydrogen-bond acceptors (Lipinski definition) is 23. The SMILES string of the molecule is CN1[CH-]N(c2ccc(-c3ccn[n-]3)[n-]2)c2ccccc21.CN1[CH-]N(c2ccn[n-]2)c2ccccc21.CN1[CH-]N(c2ccn[n-]2)c2ccccc21.CN1[CH-]N(c2ccn[n-]2)c2ccccc21.CN1[CH-]N(c2ccn[n-]2)c2ccccc21.[CH2-]c1c(-c2[c-]cccc2)cccc1N1[CH-]N(C)c2ccccc21.[Os+5].[Os+5].[Os+5].[Os+5].[c-]1ccccc1N1[CH-]N(c2[c-]cccc2)c2ccccc21.c1ccc2c(c1)N(c1ccn[n-]1)[CH-]N2c1ccn[n-]1. The molecule has 0 saturated heterocycles. The molecule has 20 aromatic rings. The van der Waals surface area contributed by atoms with Crippen LogP contribution in [0.5, 0.6) is 0 Å². The molecule has 12 aromatic carbocycles. The van der Waals surface area contributed by atoms with Crippen LogP contribution >= 0.6 is 0 Å². The van der Waals surface area contributed by atoms with Gasteiger partial charge in [0.25, 0.3) is 0 Å². The van der Waals surface area contributed by atoms with Crippen LogP contribution in [0.3, 0.4) is 0 Å². The number of para-hydroxylation sites is 18. The largest absolute Gasteiger partial charge is 5.00 e. The van der Waals surface area contributed by atoms with Crippen LogP contribution in [0.1, 0.15) is 5.56 Å². The Bertz CT molecular complexity index is 7010. The summed E-state index contributed by atoms with van der Waals surface area (Å²) in [5.41, 5.74) is 26.4. The minimum absolute atomic E-state index is 0. The second kappa shape index (κ2) is 47.0. The summed E-state index contributed by atoms with van der Waals surface area (Å²) in [6, 6.07) is 123. The molecule has 0 spiro atoms. The van der Waals surface area contributed by atoms with Gasteiger partial charge in [-0.25, -0.2) is 33.3 Å². The minimum Gasteiger partial charge on any atom is -0.596 e. The Labute approximate surface area is 907 Å². The summed E-state index contributed by atoms with van der Waals surface area (Å²) in [5, 5.41) is 55.3. The number of fused-ring (bicyclic) bond motifs is 8. The van der Waals surface area contributed by atoms with E-state index in [2.05, 4.69) is 316 Å². The van der Waals surface area contributed by atoms with Crippen LogP contribution in [0.4, 0.5) is 149 Å². The van der Waals surface area contributed by atoms with Crippen molar-refractivity contribution in [3.63, 3.8) is 0 Å². The van der Waals surface area contributed by atoms with Crippen LogP contribution in [0, 0.1) is 78.5 Å². The number of nitrogens with zero attached hydrogens (tertiary/aromatic N) is 31. The second-order valence-corrected chi connectivity index (χ2v) is 33.2. The van der Waals surface area contributed by atoms with Gasteiger partial charge in [0.2, 0.25) is 0 Å². The smallest absolute Gasteiger partial charge is 0.596 e. The first-order valence-electron chi connectivity index (χ1n) is 45.8. The molecule has 4 radical (unpaired) electrons. The molecule has 0 amide bonds. The molecule has 35 heteroatoms. The van der Waals surface area contributed by atoms with Crippen molar-refractivity contribution in [3.8, 4) is 22.5 Å². The first-order valence-corrected chi connectivity index (χ1v) is 45.8. The molecule has 147 heavy (non-hydrogen) atoms. The Kier molecular flexibility index (Phi) is 32.6. The van der Waals surface area contributed by atoms with Gasteiger partial charge >= 0.3 is 79.2 Å². The Balaban J connectivity index is 0.000000115. The standard InChI is InChI=1S/C21H17N2.C19H13N2.C15H12N5.C13H9N6.4C11H10N4.4Os/c1-16-18(17-9-4-3-5-10-17)11-8-14-19(16)23-15-22(2)20-12-6-7-13-21(20)23;1-3-9-16(10-4-1)20-15-21(17-11-5-2-6-12-17)19-14-8-7-13-18(19)20;1-19-10-20(14-5-3-2-4-13(14)19)15-7-6-11(17-15)12-8-9-16-18-12;1-2-4-11-10(3-1)18(12-5-7-14-16-12)9-19(11)13-6-8-15-17-13;4*1-14-8-15(11-6-7-12-13-11)10-5-3-2-4-9(10)14;;;;/h3-9,11-15H,1H2,2H3;1-9,11,13-15H;2-10H,1H3;1-9H;4*2-8H,1H3;;;;/q4*-3;4*-2;4*+5. The van der Waals surface area contributed by atoms with Crippen molar-refractivity contribution < 1.29 is 79.2 Å². The summed E-state index contributed by atoms with van der Waals surface area (Å²) >= 11 is 0. The van der Waals surface area contributed by atoms with Gasteiger partial charge in [0.15, 0.2) is 0 Å². The predicted octanol–water partition coefficient (Wildman–Crippen LogP) is 20.9. The first kappa shape index (κ1) is 102. The van der Waals surface area contributed by atoms with E-state index in [-0.39, 0.29) is 79.2 Å². The molecule has 8 aliphatic rings. The van der Waals surface area contributed by atoms with E-state index < -0.39 is 0 Å². The van der Waals surface area contributed by atoms with Crippen molar-refractivity contribution in [3.05, 3.63) is 467 Å². The minimum atomic E-state index is 0. The molecule has 0 saturated carbocycles. The van der Waals surface area contributed by atoms with Crippen LogP contribution in [0.25, 0.3) is 22.5 Å². The summed E-state index contributed by atoms with van der Waals surface area (Å²) in [6.45, 7) is 20.5. The molecule has 726 valence electrons. The Morgan fingerprint density at radius 2 is 0.449 bits per heavy atom. The van der Waals surface area contributed by atoms with Gasteiger partial charge in [-0.2, -0.15) is 79.8 Å². The van der Waals surface area contributed by atoms with E-state index >= 15 is 0 Å². The zero-order valence-electron chi connectivity index (χ0n) is 80.0. The van der Waals surface area contributed by atoms with E-state index in [1.165, 1.54) is 39.8 Å². The second-order valence-electron chi connectivity index (χ2n) is 33.2. The third-order valence-corrected chi connectivity index (χ3v) is 24.2. The maximum Gasteiger partial charge on any atom is 5.00 e. The van der Waals surface area contributed by atoms with Crippen molar-refractivity contribution in [1.29, 1.82) is 0 Å². The maximum absolute atomic E-state index is 4.63. The Morgan fingerprint density at radius 3 is 0.735 bits per heavy atom. The molecule has 0 bridgehead atoms. The number of hydrogen-bond donors (Lipinski definition) is 0. The fourth-order valence-electron chi connectivity index (χ4n) is 17.5. The van der Waals surface area contributed by atoms with Gasteiger partial charge in [-0.1, -0.05) is 239 Å².